The van der Waals surface area contributed by atoms with Gasteiger partial charge >= 0.3 is 0 Å². The van der Waals surface area contributed by atoms with Crippen LogP contribution in [0.2, 0.25) is 0 Å². The molecule has 1 aliphatic rings. The van der Waals surface area contributed by atoms with E-state index in [-0.39, 0.29) is 24.1 Å². The molecule has 6 nitrogen and oxygen atoms in total. The Labute approximate surface area is 198 Å². The van der Waals surface area contributed by atoms with E-state index < -0.39 is 15.9 Å². The average molecular weight is 484 g/mol. The molecule has 0 saturated carbocycles. The van der Waals surface area contributed by atoms with Crippen LogP contribution in [0.25, 0.3) is 11.1 Å². The number of hydrogen-bond donors (Lipinski definition) is 0. The maximum atomic E-state index is 13.1. The van der Waals surface area contributed by atoms with Crippen molar-refractivity contribution in [2.45, 2.75) is 19.4 Å². The summed E-state index contributed by atoms with van der Waals surface area (Å²) in [5.74, 6) is 0.734. The van der Waals surface area contributed by atoms with E-state index in [1.807, 2.05) is 25.1 Å². The van der Waals surface area contributed by atoms with E-state index in [2.05, 4.69) is 0 Å². The third-order valence-corrected chi connectivity index (χ3v) is 6.56. The predicted molar refractivity (Wildman–Crippen MR) is 130 cm³/mol. The van der Waals surface area contributed by atoms with Crippen LogP contribution in [0.4, 0.5) is 10.1 Å². The van der Waals surface area contributed by atoms with Crippen molar-refractivity contribution in [3.8, 4) is 22.6 Å². The highest BCUT2D eigenvalue weighted by Gasteiger charge is 2.34. The highest BCUT2D eigenvalue weighted by atomic mass is 32.2. The maximum absolute atomic E-state index is 13.1. The van der Waals surface area contributed by atoms with E-state index >= 15 is 0 Å². The van der Waals surface area contributed by atoms with Gasteiger partial charge in [-0.15, -0.1) is 0 Å². The third-order valence-electron chi connectivity index (χ3n) is 5.65. The van der Waals surface area contributed by atoms with E-state index in [1.54, 1.807) is 41.3 Å². The molecule has 1 amide bonds. The van der Waals surface area contributed by atoms with Crippen LogP contribution in [0, 0.1) is 12.7 Å². The lowest BCUT2D eigenvalue weighted by atomic mass is 10.1. The molecule has 8 heteroatoms. The Morgan fingerprint density at radius 3 is 2.26 bits per heavy atom. The Kier molecular flexibility index (Phi) is 6.88. The van der Waals surface area contributed by atoms with Crippen LogP contribution < -0.4 is 14.4 Å². The summed E-state index contributed by atoms with van der Waals surface area (Å²) in [6.45, 7) is 2.47. The topological polar surface area (TPSA) is 72.9 Å². The minimum Gasteiger partial charge on any atom is -0.492 e. The molecule has 1 fully saturated rings. The minimum absolute atomic E-state index is 0.0529. The number of hydrogen-bond acceptors (Lipinski definition) is 5. The summed E-state index contributed by atoms with van der Waals surface area (Å²) in [5.41, 5.74) is 3.39. The number of ether oxygens (including phenoxy) is 2. The number of halogens is 1. The number of sulfone groups is 1. The van der Waals surface area contributed by atoms with E-state index in [9.17, 15) is 17.6 Å². The van der Waals surface area contributed by atoms with Crippen LogP contribution >= 0.6 is 0 Å². The fraction of sp³-hybridized carbons (Fsp3) is 0.269. The molecule has 0 aromatic heterocycles. The predicted octanol–water partition coefficient (Wildman–Crippen LogP) is 4.41. The summed E-state index contributed by atoms with van der Waals surface area (Å²) in [7, 11) is -3.09. The summed E-state index contributed by atoms with van der Waals surface area (Å²) in [6, 6.07) is 19.0. The van der Waals surface area contributed by atoms with E-state index in [1.165, 1.54) is 18.4 Å². The number of benzene rings is 3. The van der Waals surface area contributed by atoms with E-state index in [4.69, 9.17) is 9.47 Å². The van der Waals surface area contributed by atoms with Gasteiger partial charge in [0.25, 0.3) is 5.91 Å². The Morgan fingerprint density at radius 2 is 1.65 bits per heavy atom. The van der Waals surface area contributed by atoms with Crippen LogP contribution in [0.5, 0.6) is 11.5 Å². The van der Waals surface area contributed by atoms with Gasteiger partial charge in [-0.2, -0.15) is 0 Å². The highest BCUT2D eigenvalue weighted by Crippen LogP contribution is 2.30. The van der Waals surface area contributed by atoms with Gasteiger partial charge in [-0.25, -0.2) is 12.8 Å². The molecule has 3 aromatic carbocycles. The van der Waals surface area contributed by atoms with Crippen LogP contribution in [0.15, 0.2) is 66.7 Å². The second-order valence-electron chi connectivity index (χ2n) is 8.34. The second kappa shape index (κ2) is 9.85. The van der Waals surface area contributed by atoms with E-state index in [0.29, 0.717) is 24.5 Å². The zero-order valence-corrected chi connectivity index (χ0v) is 19.8. The van der Waals surface area contributed by atoms with Crippen LogP contribution in [0.1, 0.15) is 12.0 Å². The molecule has 1 atom stereocenters. The van der Waals surface area contributed by atoms with Crippen molar-refractivity contribution in [2.75, 3.05) is 30.1 Å². The van der Waals surface area contributed by atoms with Crippen molar-refractivity contribution in [3.05, 3.63) is 78.1 Å². The van der Waals surface area contributed by atoms with Gasteiger partial charge in [0.05, 0.1) is 5.75 Å². The first-order valence-electron chi connectivity index (χ1n) is 10.9. The first-order chi connectivity index (χ1) is 16.2. The Morgan fingerprint density at radius 1 is 1.00 bits per heavy atom. The molecule has 1 heterocycles. The standard InChI is InChI=1S/C26H26FNO5S/c1-18-17-22(9-12-24(18)32-15-16-34(2,30)31)28-14-13-25(26(28)29)33-23-10-5-20(6-11-23)19-3-7-21(27)8-4-19/h3-12,17,25H,13-16H2,1-2H3/t25-/m0/s1. The SMILES string of the molecule is Cc1cc(N2CC[C@H](Oc3ccc(-c4ccc(F)cc4)cc3)C2=O)ccc1OCCS(C)(=O)=O. The lowest BCUT2D eigenvalue weighted by Gasteiger charge is -2.19. The summed E-state index contributed by atoms with van der Waals surface area (Å²) in [5, 5.41) is 0. The number of amides is 1. The number of nitrogens with zero attached hydrogens (tertiary/aromatic N) is 1. The number of carbonyl (C=O) groups excluding carboxylic acids is 1. The van der Waals surface area contributed by atoms with Crippen molar-refractivity contribution in [1.29, 1.82) is 0 Å². The number of anilines is 1. The van der Waals surface area contributed by atoms with Crippen LogP contribution in [-0.2, 0) is 14.6 Å². The molecule has 3 aromatic rings. The molecule has 4 rings (SSSR count). The van der Waals surface area contributed by atoms with Crippen molar-refractivity contribution in [1.82, 2.24) is 0 Å². The molecule has 0 N–H and O–H groups in total. The van der Waals surface area contributed by atoms with Crippen LogP contribution in [0.3, 0.4) is 0 Å². The summed E-state index contributed by atoms with van der Waals surface area (Å²) in [6.07, 6.45) is 1.15. The van der Waals surface area contributed by atoms with Gasteiger partial charge in [0.15, 0.2) is 15.9 Å². The number of aryl methyl sites for hydroxylation is 1. The van der Waals surface area contributed by atoms with Gasteiger partial charge in [-0.05, 0) is 66.1 Å². The number of carbonyl (C=O) groups is 1. The maximum Gasteiger partial charge on any atom is 0.268 e. The summed E-state index contributed by atoms with van der Waals surface area (Å²) in [4.78, 5) is 14.7. The molecule has 0 bridgehead atoms. The molecule has 34 heavy (non-hydrogen) atoms. The zero-order chi connectivity index (χ0) is 24.3. The summed E-state index contributed by atoms with van der Waals surface area (Å²) < 4.78 is 47.2. The third kappa shape index (κ3) is 5.75. The minimum atomic E-state index is -3.09. The highest BCUT2D eigenvalue weighted by molar-refractivity contribution is 7.90. The Balaban J connectivity index is 1.38. The van der Waals surface area contributed by atoms with Crippen molar-refractivity contribution < 1.29 is 27.1 Å². The lowest BCUT2D eigenvalue weighted by molar-refractivity contribution is -0.122. The smallest absolute Gasteiger partial charge is 0.268 e. The molecule has 0 aliphatic carbocycles. The van der Waals surface area contributed by atoms with Gasteiger partial charge in [0.2, 0.25) is 0 Å². The quantitative estimate of drug-likeness (QED) is 0.475. The molecule has 0 radical (unpaired) electrons. The van der Waals surface area contributed by atoms with E-state index in [0.717, 1.165) is 22.4 Å². The van der Waals surface area contributed by atoms with Crippen molar-refractivity contribution >= 4 is 21.4 Å². The second-order valence-corrected chi connectivity index (χ2v) is 10.6. The van der Waals surface area contributed by atoms with Gasteiger partial charge in [0.1, 0.15) is 23.9 Å². The molecule has 1 aliphatic heterocycles. The van der Waals surface area contributed by atoms with Gasteiger partial charge in [-0.3, -0.25) is 4.79 Å². The zero-order valence-electron chi connectivity index (χ0n) is 19.0. The fourth-order valence-electron chi connectivity index (χ4n) is 3.82. The first kappa shape index (κ1) is 23.8. The van der Waals surface area contributed by atoms with Gasteiger partial charge in [-0.1, -0.05) is 24.3 Å². The van der Waals surface area contributed by atoms with Crippen molar-refractivity contribution in [2.24, 2.45) is 0 Å². The molecule has 178 valence electrons. The molecular formula is C26H26FNO5S. The van der Waals surface area contributed by atoms with Gasteiger partial charge in [0, 0.05) is 24.9 Å². The Bertz CT molecular complexity index is 1270. The average Bonchev–Trinajstić information content (AvgIpc) is 3.15. The molecular weight excluding hydrogens is 457 g/mol. The van der Waals surface area contributed by atoms with Crippen molar-refractivity contribution in [3.63, 3.8) is 0 Å². The molecule has 0 spiro atoms. The molecule has 0 unspecified atom stereocenters. The lowest BCUT2D eigenvalue weighted by Crippen LogP contribution is -2.32. The molecule has 1 saturated heterocycles. The number of rotatable bonds is 8. The monoisotopic (exact) mass is 483 g/mol. The fourth-order valence-corrected chi connectivity index (χ4v) is 4.20. The normalized spacial score (nSPS) is 16.0. The summed E-state index contributed by atoms with van der Waals surface area (Å²) >= 11 is 0. The Hall–Kier alpha value is -3.39. The largest absolute Gasteiger partial charge is 0.492 e. The first-order valence-corrected chi connectivity index (χ1v) is 13.0. The van der Waals surface area contributed by atoms with Crippen LogP contribution in [-0.4, -0.2) is 45.6 Å². The van der Waals surface area contributed by atoms with Gasteiger partial charge < -0.3 is 14.4 Å².